The Labute approximate surface area is 135 Å². The molecule has 0 bridgehead atoms. The molecule has 1 aromatic carbocycles. The highest BCUT2D eigenvalue weighted by Crippen LogP contribution is 2.16. The Hall–Kier alpha value is -0.570. The first-order valence-corrected chi connectivity index (χ1v) is 8.35. The van der Waals surface area contributed by atoms with Crippen molar-refractivity contribution in [1.82, 2.24) is 5.32 Å². The van der Waals surface area contributed by atoms with Gasteiger partial charge in [-0.2, -0.15) is 0 Å². The molecule has 120 valence electrons. The molecule has 21 heavy (non-hydrogen) atoms. The van der Waals surface area contributed by atoms with E-state index in [1.807, 2.05) is 12.1 Å². The summed E-state index contributed by atoms with van der Waals surface area (Å²) in [5, 5.41) is 4.41. The maximum Gasteiger partial charge on any atom is 0.0469 e. The van der Waals surface area contributed by atoms with Crippen LogP contribution < -0.4 is 5.32 Å². The number of ether oxygens (including phenoxy) is 1. The zero-order valence-electron chi connectivity index (χ0n) is 13.9. The minimum Gasteiger partial charge on any atom is -0.381 e. The molecule has 1 aromatic rings. The molecule has 0 heterocycles. The molecule has 0 radical (unpaired) electrons. The molecule has 1 rings (SSSR count). The highest BCUT2D eigenvalue weighted by atomic mass is 35.5. The van der Waals surface area contributed by atoms with Crippen molar-refractivity contribution < 1.29 is 4.74 Å². The van der Waals surface area contributed by atoms with Gasteiger partial charge >= 0.3 is 0 Å². The van der Waals surface area contributed by atoms with Gasteiger partial charge in [0.25, 0.3) is 0 Å². The molecule has 1 unspecified atom stereocenters. The number of hydrogen-bond donors (Lipinski definition) is 1. The normalized spacial score (nSPS) is 13.4. The van der Waals surface area contributed by atoms with Crippen molar-refractivity contribution in [2.45, 2.75) is 52.5 Å². The quantitative estimate of drug-likeness (QED) is 0.667. The zero-order valence-corrected chi connectivity index (χ0v) is 14.7. The first kappa shape index (κ1) is 18.5. The predicted octanol–water partition coefficient (Wildman–Crippen LogP) is 4.70. The van der Waals surface area contributed by atoms with Crippen LogP contribution in [-0.2, 0) is 11.2 Å². The molecule has 0 saturated heterocycles. The van der Waals surface area contributed by atoms with Gasteiger partial charge in [0.2, 0.25) is 0 Å². The summed E-state index contributed by atoms with van der Waals surface area (Å²) in [5.74, 6) is 0.585. The minimum atomic E-state index is 0.155. The third kappa shape index (κ3) is 9.13. The summed E-state index contributed by atoms with van der Waals surface area (Å²) < 4.78 is 5.65. The van der Waals surface area contributed by atoms with Crippen LogP contribution in [-0.4, -0.2) is 25.3 Å². The Balaban J connectivity index is 2.51. The van der Waals surface area contributed by atoms with Crippen LogP contribution in [0.5, 0.6) is 0 Å². The first-order valence-electron chi connectivity index (χ1n) is 7.98. The molecule has 0 amide bonds. The van der Waals surface area contributed by atoms with Crippen LogP contribution in [0.2, 0.25) is 5.02 Å². The van der Waals surface area contributed by atoms with Crippen LogP contribution in [0.25, 0.3) is 0 Å². The van der Waals surface area contributed by atoms with E-state index >= 15 is 0 Å². The third-order valence-corrected chi connectivity index (χ3v) is 3.63. The minimum absolute atomic E-state index is 0.155. The maximum absolute atomic E-state index is 5.96. The van der Waals surface area contributed by atoms with Gasteiger partial charge in [-0.1, -0.05) is 30.7 Å². The highest BCUT2D eigenvalue weighted by molar-refractivity contribution is 6.30. The number of halogens is 1. The average Bonchev–Trinajstić information content (AvgIpc) is 2.42. The summed E-state index contributed by atoms with van der Waals surface area (Å²) in [6, 6.07) is 8.19. The van der Waals surface area contributed by atoms with Crippen LogP contribution in [0, 0.1) is 5.92 Å². The van der Waals surface area contributed by atoms with Gasteiger partial charge in [-0.15, -0.1) is 0 Å². The van der Waals surface area contributed by atoms with E-state index in [1.165, 1.54) is 5.56 Å². The first-order chi connectivity index (χ1) is 9.90. The van der Waals surface area contributed by atoms with E-state index in [0.29, 0.717) is 5.92 Å². The second-order valence-corrected chi connectivity index (χ2v) is 7.16. The number of hydrogen-bond acceptors (Lipinski definition) is 2. The van der Waals surface area contributed by atoms with Crippen molar-refractivity contribution >= 4 is 11.6 Å². The lowest BCUT2D eigenvalue weighted by Gasteiger charge is -2.25. The molecule has 0 spiro atoms. The van der Waals surface area contributed by atoms with Crippen molar-refractivity contribution in [3.63, 3.8) is 0 Å². The fourth-order valence-corrected chi connectivity index (χ4v) is 2.30. The standard InChI is InChI=1S/C18H30ClNO/c1-5-11-21-12-10-16(14-20-18(2,3)4)13-15-6-8-17(19)9-7-15/h6-9,16,20H,5,10-14H2,1-4H3. The Morgan fingerprint density at radius 1 is 1.14 bits per heavy atom. The molecule has 0 aliphatic carbocycles. The number of rotatable bonds is 9. The third-order valence-electron chi connectivity index (χ3n) is 3.38. The SMILES string of the molecule is CCCOCCC(CNC(C)(C)C)Cc1ccc(Cl)cc1. The van der Waals surface area contributed by atoms with E-state index in [-0.39, 0.29) is 5.54 Å². The Bertz CT molecular complexity index is 383. The van der Waals surface area contributed by atoms with Crippen molar-refractivity contribution in [3.05, 3.63) is 34.9 Å². The Morgan fingerprint density at radius 2 is 1.81 bits per heavy atom. The lowest BCUT2D eigenvalue weighted by Crippen LogP contribution is -2.39. The van der Waals surface area contributed by atoms with E-state index in [2.05, 4.69) is 45.1 Å². The molecule has 0 fully saturated rings. The second kappa shape index (κ2) is 9.45. The number of nitrogens with one attached hydrogen (secondary N) is 1. The van der Waals surface area contributed by atoms with Gasteiger partial charge < -0.3 is 10.1 Å². The van der Waals surface area contributed by atoms with Crippen molar-refractivity contribution in [3.8, 4) is 0 Å². The van der Waals surface area contributed by atoms with Gasteiger partial charge in [-0.3, -0.25) is 0 Å². The van der Waals surface area contributed by atoms with E-state index in [9.17, 15) is 0 Å². The molecule has 0 aromatic heterocycles. The maximum atomic E-state index is 5.96. The van der Waals surface area contributed by atoms with Crippen LogP contribution in [0.4, 0.5) is 0 Å². The smallest absolute Gasteiger partial charge is 0.0469 e. The molecule has 3 heteroatoms. The van der Waals surface area contributed by atoms with E-state index < -0.39 is 0 Å². The lowest BCUT2D eigenvalue weighted by molar-refractivity contribution is 0.119. The fourth-order valence-electron chi connectivity index (χ4n) is 2.18. The van der Waals surface area contributed by atoms with Gasteiger partial charge in [0, 0.05) is 23.8 Å². The molecular formula is C18H30ClNO. The van der Waals surface area contributed by atoms with E-state index in [4.69, 9.17) is 16.3 Å². The van der Waals surface area contributed by atoms with E-state index in [0.717, 1.165) is 44.0 Å². The monoisotopic (exact) mass is 311 g/mol. The topological polar surface area (TPSA) is 21.3 Å². The van der Waals surface area contributed by atoms with Gasteiger partial charge in [0.15, 0.2) is 0 Å². The van der Waals surface area contributed by atoms with Crippen LogP contribution in [0.3, 0.4) is 0 Å². The predicted molar refractivity (Wildman–Crippen MR) is 92.1 cm³/mol. The Kier molecular flexibility index (Phi) is 8.31. The van der Waals surface area contributed by atoms with Crippen molar-refractivity contribution in [2.75, 3.05) is 19.8 Å². The lowest BCUT2D eigenvalue weighted by atomic mass is 9.95. The van der Waals surface area contributed by atoms with E-state index in [1.54, 1.807) is 0 Å². The summed E-state index contributed by atoms with van der Waals surface area (Å²) in [5.41, 5.74) is 1.50. The van der Waals surface area contributed by atoms with Gasteiger partial charge in [0.1, 0.15) is 0 Å². The molecule has 0 saturated carbocycles. The molecule has 1 atom stereocenters. The van der Waals surface area contributed by atoms with Gasteiger partial charge in [-0.25, -0.2) is 0 Å². The average molecular weight is 312 g/mol. The summed E-state index contributed by atoms with van der Waals surface area (Å²) in [4.78, 5) is 0. The van der Waals surface area contributed by atoms with Crippen molar-refractivity contribution in [2.24, 2.45) is 5.92 Å². The van der Waals surface area contributed by atoms with Gasteiger partial charge in [0.05, 0.1) is 0 Å². The largest absolute Gasteiger partial charge is 0.381 e. The molecule has 1 N–H and O–H groups in total. The molecule has 0 aliphatic heterocycles. The molecule has 2 nitrogen and oxygen atoms in total. The van der Waals surface area contributed by atoms with Crippen LogP contribution in [0.1, 0.15) is 46.1 Å². The summed E-state index contributed by atoms with van der Waals surface area (Å²) in [6.07, 6.45) is 3.24. The summed E-state index contributed by atoms with van der Waals surface area (Å²) in [6.45, 7) is 11.5. The Morgan fingerprint density at radius 3 is 2.38 bits per heavy atom. The highest BCUT2D eigenvalue weighted by Gasteiger charge is 2.15. The fraction of sp³-hybridized carbons (Fsp3) is 0.667. The summed E-state index contributed by atoms with van der Waals surface area (Å²) in [7, 11) is 0. The second-order valence-electron chi connectivity index (χ2n) is 6.73. The molecular weight excluding hydrogens is 282 g/mol. The molecule has 0 aliphatic rings. The van der Waals surface area contributed by atoms with Crippen LogP contribution in [0.15, 0.2) is 24.3 Å². The summed E-state index contributed by atoms with van der Waals surface area (Å²) >= 11 is 5.96. The van der Waals surface area contributed by atoms with Crippen LogP contribution >= 0.6 is 11.6 Å². The van der Waals surface area contributed by atoms with Gasteiger partial charge in [-0.05, 0) is 70.2 Å². The zero-order chi connectivity index (χ0) is 15.7. The number of benzene rings is 1. The van der Waals surface area contributed by atoms with Crippen molar-refractivity contribution in [1.29, 1.82) is 0 Å².